The Kier molecular flexibility index (Phi) is 7.68. The number of para-hydroxylation sites is 1. The fraction of sp³-hybridized carbons (Fsp3) is 0.172. The molecular formula is C29H28N2O6S. The summed E-state index contributed by atoms with van der Waals surface area (Å²) in [4.78, 5) is 29.3. The number of rotatable bonds is 8. The minimum absolute atomic E-state index is 0.154. The Bertz CT molecular complexity index is 1590. The molecule has 0 radical (unpaired) electrons. The molecule has 0 aliphatic rings. The molecular weight excluding hydrogens is 504 g/mol. The topological polar surface area (TPSA) is 106 Å². The summed E-state index contributed by atoms with van der Waals surface area (Å²) in [6, 6.07) is 20.6. The molecule has 0 aliphatic heterocycles. The molecule has 4 aromatic rings. The smallest absolute Gasteiger partial charge is 0.273 e. The molecule has 196 valence electrons. The number of carbonyl (C=O) groups excluding carboxylic acids is 2. The number of ether oxygens (including phenoxy) is 2. The molecule has 1 aromatic heterocycles. The SMILES string of the molecule is COc1cc(OC)c(-c2cc3ccccc3[nH]2)cc1C=CC(=O)N(C(=O)C(C)C)S(=O)(=O)c1ccccc1. The van der Waals surface area contributed by atoms with Gasteiger partial charge in [-0.05, 0) is 36.4 Å². The number of amides is 2. The zero-order chi connectivity index (χ0) is 27.4. The predicted octanol–water partition coefficient (Wildman–Crippen LogP) is 5.27. The van der Waals surface area contributed by atoms with Gasteiger partial charge in [0.05, 0.1) is 24.8 Å². The highest BCUT2D eigenvalue weighted by Gasteiger charge is 2.35. The summed E-state index contributed by atoms with van der Waals surface area (Å²) >= 11 is 0. The Labute approximate surface area is 221 Å². The third-order valence-corrected chi connectivity index (χ3v) is 7.66. The molecule has 3 aromatic carbocycles. The van der Waals surface area contributed by atoms with E-state index in [0.717, 1.165) is 22.7 Å². The van der Waals surface area contributed by atoms with Gasteiger partial charge >= 0.3 is 0 Å². The number of sulfonamides is 1. The molecule has 0 fully saturated rings. The number of imide groups is 1. The van der Waals surface area contributed by atoms with Gasteiger partial charge in [-0.25, -0.2) is 8.42 Å². The number of fused-ring (bicyclic) bond motifs is 1. The van der Waals surface area contributed by atoms with Crippen molar-refractivity contribution in [3.63, 3.8) is 0 Å². The molecule has 2 amide bonds. The largest absolute Gasteiger partial charge is 0.496 e. The number of H-pyrrole nitrogens is 1. The first-order valence-electron chi connectivity index (χ1n) is 11.9. The molecule has 0 aliphatic carbocycles. The molecule has 8 nitrogen and oxygen atoms in total. The Morgan fingerprint density at radius 3 is 2.18 bits per heavy atom. The number of aromatic amines is 1. The lowest BCUT2D eigenvalue weighted by Crippen LogP contribution is -2.43. The molecule has 38 heavy (non-hydrogen) atoms. The maximum absolute atomic E-state index is 13.3. The number of hydrogen-bond donors (Lipinski definition) is 1. The van der Waals surface area contributed by atoms with Crippen LogP contribution in [0.4, 0.5) is 0 Å². The average molecular weight is 533 g/mol. The summed E-state index contributed by atoms with van der Waals surface area (Å²) in [5.74, 6) is -1.60. The van der Waals surface area contributed by atoms with E-state index in [0.29, 0.717) is 26.9 Å². The molecule has 0 atom stereocenters. The fourth-order valence-electron chi connectivity index (χ4n) is 3.99. The van der Waals surface area contributed by atoms with Crippen LogP contribution in [0, 0.1) is 5.92 Å². The van der Waals surface area contributed by atoms with Crippen LogP contribution in [0.2, 0.25) is 0 Å². The van der Waals surface area contributed by atoms with Crippen LogP contribution in [0.3, 0.4) is 0 Å². The maximum Gasteiger partial charge on any atom is 0.273 e. The third-order valence-electron chi connectivity index (χ3n) is 5.95. The predicted molar refractivity (Wildman–Crippen MR) is 146 cm³/mol. The molecule has 9 heteroatoms. The Hall–Kier alpha value is -4.37. The first kappa shape index (κ1) is 26.7. The van der Waals surface area contributed by atoms with Crippen LogP contribution in [0.15, 0.2) is 83.8 Å². The molecule has 0 saturated heterocycles. The van der Waals surface area contributed by atoms with E-state index in [1.807, 2.05) is 30.3 Å². The number of aromatic nitrogens is 1. The first-order chi connectivity index (χ1) is 18.2. The summed E-state index contributed by atoms with van der Waals surface area (Å²) in [6.45, 7) is 3.07. The van der Waals surface area contributed by atoms with E-state index in [4.69, 9.17) is 9.47 Å². The lowest BCUT2D eigenvalue weighted by Gasteiger charge is -2.21. The van der Waals surface area contributed by atoms with Gasteiger partial charge in [0.1, 0.15) is 11.5 Å². The second-order valence-corrected chi connectivity index (χ2v) is 10.6. The summed E-state index contributed by atoms with van der Waals surface area (Å²) < 4.78 is 37.9. The zero-order valence-electron chi connectivity index (χ0n) is 21.5. The van der Waals surface area contributed by atoms with Gasteiger partial charge in [0.25, 0.3) is 15.9 Å². The van der Waals surface area contributed by atoms with Gasteiger partial charge in [-0.3, -0.25) is 9.59 Å². The number of methoxy groups -OCH3 is 2. The monoisotopic (exact) mass is 532 g/mol. The van der Waals surface area contributed by atoms with E-state index in [9.17, 15) is 18.0 Å². The van der Waals surface area contributed by atoms with Crippen LogP contribution in [0.1, 0.15) is 19.4 Å². The van der Waals surface area contributed by atoms with E-state index in [1.54, 1.807) is 25.3 Å². The van der Waals surface area contributed by atoms with Crippen molar-refractivity contribution >= 4 is 38.8 Å². The van der Waals surface area contributed by atoms with Gasteiger partial charge in [-0.1, -0.05) is 50.2 Å². The molecule has 0 spiro atoms. The van der Waals surface area contributed by atoms with E-state index in [-0.39, 0.29) is 4.90 Å². The van der Waals surface area contributed by atoms with Crippen LogP contribution in [0.25, 0.3) is 28.2 Å². The van der Waals surface area contributed by atoms with Crippen molar-refractivity contribution in [2.45, 2.75) is 18.7 Å². The lowest BCUT2D eigenvalue weighted by molar-refractivity contribution is -0.137. The number of hydrogen-bond acceptors (Lipinski definition) is 6. The summed E-state index contributed by atoms with van der Waals surface area (Å²) in [5.41, 5.74) is 2.93. The molecule has 4 rings (SSSR count). The van der Waals surface area contributed by atoms with E-state index in [2.05, 4.69) is 4.98 Å². The van der Waals surface area contributed by atoms with Crippen molar-refractivity contribution in [3.8, 4) is 22.8 Å². The average Bonchev–Trinajstić information content (AvgIpc) is 3.36. The normalized spacial score (nSPS) is 11.7. The van der Waals surface area contributed by atoms with Crippen molar-refractivity contribution < 1.29 is 27.5 Å². The molecule has 0 bridgehead atoms. The first-order valence-corrected chi connectivity index (χ1v) is 13.3. The summed E-state index contributed by atoms with van der Waals surface area (Å²) in [5, 5.41) is 1.02. The fourth-order valence-corrected chi connectivity index (χ4v) is 5.45. The summed E-state index contributed by atoms with van der Waals surface area (Å²) in [6.07, 6.45) is 2.48. The van der Waals surface area contributed by atoms with E-state index in [1.165, 1.54) is 51.3 Å². The van der Waals surface area contributed by atoms with Gasteiger partial charge < -0.3 is 14.5 Å². The molecule has 1 N–H and O–H groups in total. The minimum atomic E-state index is -4.41. The van der Waals surface area contributed by atoms with Crippen molar-refractivity contribution in [1.82, 2.24) is 9.29 Å². The second-order valence-electron chi connectivity index (χ2n) is 8.81. The van der Waals surface area contributed by atoms with Gasteiger partial charge in [-0.15, -0.1) is 0 Å². The number of carbonyl (C=O) groups is 2. The van der Waals surface area contributed by atoms with Crippen molar-refractivity contribution in [2.75, 3.05) is 14.2 Å². The van der Waals surface area contributed by atoms with Crippen LogP contribution < -0.4 is 9.47 Å². The van der Waals surface area contributed by atoms with Gasteiger partial charge in [0.2, 0.25) is 5.91 Å². The molecule has 0 saturated carbocycles. The van der Waals surface area contributed by atoms with Gasteiger partial charge in [-0.2, -0.15) is 4.31 Å². The van der Waals surface area contributed by atoms with Crippen LogP contribution >= 0.6 is 0 Å². The Morgan fingerprint density at radius 2 is 1.55 bits per heavy atom. The number of nitrogens with zero attached hydrogens (tertiary/aromatic N) is 1. The number of nitrogens with one attached hydrogen (secondary N) is 1. The third kappa shape index (κ3) is 5.19. The van der Waals surface area contributed by atoms with Crippen molar-refractivity contribution in [3.05, 3.63) is 84.4 Å². The highest BCUT2D eigenvalue weighted by molar-refractivity contribution is 7.90. The summed E-state index contributed by atoms with van der Waals surface area (Å²) in [7, 11) is -1.39. The number of benzene rings is 3. The minimum Gasteiger partial charge on any atom is -0.496 e. The maximum atomic E-state index is 13.3. The Morgan fingerprint density at radius 1 is 0.895 bits per heavy atom. The van der Waals surface area contributed by atoms with Crippen LogP contribution in [-0.4, -0.2) is 43.7 Å². The molecule has 1 heterocycles. The van der Waals surface area contributed by atoms with Crippen LogP contribution in [0.5, 0.6) is 11.5 Å². The van der Waals surface area contributed by atoms with Gasteiger partial charge in [0.15, 0.2) is 0 Å². The Balaban J connectivity index is 1.77. The second kappa shape index (κ2) is 10.9. The van der Waals surface area contributed by atoms with E-state index >= 15 is 0 Å². The zero-order valence-corrected chi connectivity index (χ0v) is 22.3. The van der Waals surface area contributed by atoms with Crippen molar-refractivity contribution in [2.24, 2.45) is 5.92 Å². The quantitative estimate of drug-likeness (QED) is 0.310. The van der Waals surface area contributed by atoms with Crippen molar-refractivity contribution in [1.29, 1.82) is 0 Å². The van der Waals surface area contributed by atoms with Crippen LogP contribution in [-0.2, 0) is 19.6 Å². The van der Waals surface area contributed by atoms with E-state index < -0.39 is 27.8 Å². The standard InChI is InChI=1S/C29H28N2O6S/c1-19(2)29(33)31(38(34,35)22-11-6-5-7-12-22)28(32)15-14-21-16-23(27(37-4)18-26(21)36-3)25-17-20-10-8-9-13-24(20)30-25/h5-19,30H,1-4H3. The highest BCUT2D eigenvalue weighted by atomic mass is 32.2. The highest BCUT2D eigenvalue weighted by Crippen LogP contribution is 2.37. The molecule has 0 unspecified atom stereocenters. The van der Waals surface area contributed by atoms with Gasteiger partial charge in [0, 0.05) is 40.1 Å². The lowest BCUT2D eigenvalue weighted by atomic mass is 10.0.